The molecule has 1 fully saturated rings. The van der Waals surface area contributed by atoms with Gasteiger partial charge in [-0.1, -0.05) is 31.4 Å². The Morgan fingerprint density at radius 1 is 1.08 bits per heavy atom. The molecule has 0 aliphatic heterocycles. The Balaban J connectivity index is 1.46. The van der Waals surface area contributed by atoms with Crippen molar-refractivity contribution in [2.45, 2.75) is 44.6 Å². The number of ether oxygens (including phenoxy) is 1. The summed E-state index contributed by atoms with van der Waals surface area (Å²) < 4.78 is 5.70. The van der Waals surface area contributed by atoms with Crippen molar-refractivity contribution in [3.63, 3.8) is 0 Å². The Morgan fingerprint density at radius 2 is 1.88 bits per heavy atom. The molecule has 4 nitrogen and oxygen atoms in total. The zero-order valence-corrected chi connectivity index (χ0v) is 13.9. The van der Waals surface area contributed by atoms with Crippen LogP contribution in [0, 0.1) is 11.3 Å². The van der Waals surface area contributed by atoms with Crippen LogP contribution in [0.2, 0.25) is 0 Å². The molecule has 1 aromatic heterocycles. The molecule has 0 atom stereocenters. The van der Waals surface area contributed by atoms with Gasteiger partial charge in [-0.3, -0.25) is 0 Å². The van der Waals surface area contributed by atoms with Crippen LogP contribution in [0.4, 0.5) is 0 Å². The summed E-state index contributed by atoms with van der Waals surface area (Å²) in [6.45, 7) is 1.03. The van der Waals surface area contributed by atoms with Crippen molar-refractivity contribution < 1.29 is 4.74 Å². The average Bonchev–Trinajstić information content (AvgIpc) is 2.65. The SMILES string of the molecule is N#Cc1ccc(Oc2ccc(CCNC3CCCCC3)cc2)nc1. The topological polar surface area (TPSA) is 57.9 Å². The lowest BCUT2D eigenvalue weighted by Crippen LogP contribution is -2.32. The molecule has 124 valence electrons. The summed E-state index contributed by atoms with van der Waals surface area (Å²) in [5.74, 6) is 1.26. The average molecular weight is 321 g/mol. The largest absolute Gasteiger partial charge is 0.439 e. The van der Waals surface area contributed by atoms with Gasteiger partial charge in [0.25, 0.3) is 0 Å². The maximum atomic E-state index is 8.77. The van der Waals surface area contributed by atoms with E-state index in [4.69, 9.17) is 10.00 Å². The standard InChI is InChI=1S/C20H23N3O/c21-14-17-8-11-20(23-15-17)24-19-9-6-16(7-10-19)12-13-22-18-4-2-1-3-5-18/h6-11,15,18,22H,1-5,12-13H2. The Hall–Kier alpha value is -2.38. The van der Waals surface area contributed by atoms with Crippen LogP contribution < -0.4 is 10.1 Å². The van der Waals surface area contributed by atoms with Gasteiger partial charge in [-0.2, -0.15) is 5.26 Å². The van der Waals surface area contributed by atoms with Crippen LogP contribution >= 0.6 is 0 Å². The predicted octanol–water partition coefficient (Wildman–Crippen LogP) is 4.21. The summed E-state index contributed by atoms with van der Waals surface area (Å²) in [7, 11) is 0. The lowest BCUT2D eigenvalue weighted by Gasteiger charge is -2.22. The van der Waals surface area contributed by atoms with Gasteiger partial charge in [-0.05, 0) is 49.6 Å². The van der Waals surface area contributed by atoms with Crippen molar-refractivity contribution in [3.8, 4) is 17.7 Å². The van der Waals surface area contributed by atoms with E-state index in [9.17, 15) is 0 Å². The van der Waals surface area contributed by atoms with Gasteiger partial charge >= 0.3 is 0 Å². The minimum Gasteiger partial charge on any atom is -0.439 e. The molecule has 0 amide bonds. The van der Waals surface area contributed by atoms with E-state index < -0.39 is 0 Å². The smallest absolute Gasteiger partial charge is 0.219 e. The fraction of sp³-hybridized carbons (Fsp3) is 0.400. The third-order valence-corrected chi connectivity index (χ3v) is 4.46. The molecule has 1 heterocycles. The second-order valence-corrected chi connectivity index (χ2v) is 6.28. The number of aromatic nitrogens is 1. The first kappa shape index (κ1) is 16.5. The highest BCUT2D eigenvalue weighted by molar-refractivity contribution is 5.33. The van der Waals surface area contributed by atoms with E-state index in [1.807, 2.05) is 18.2 Å². The van der Waals surface area contributed by atoms with E-state index in [0.29, 0.717) is 17.5 Å². The molecular formula is C20H23N3O. The first-order valence-corrected chi connectivity index (χ1v) is 8.70. The van der Waals surface area contributed by atoms with Gasteiger partial charge in [-0.15, -0.1) is 0 Å². The molecule has 1 aliphatic rings. The van der Waals surface area contributed by atoms with Crippen molar-refractivity contribution in [1.82, 2.24) is 10.3 Å². The van der Waals surface area contributed by atoms with Gasteiger partial charge in [0.05, 0.1) is 5.56 Å². The van der Waals surface area contributed by atoms with Crippen molar-refractivity contribution in [2.75, 3.05) is 6.54 Å². The number of nitrogens with one attached hydrogen (secondary N) is 1. The second kappa shape index (κ2) is 8.47. The number of benzene rings is 1. The third-order valence-electron chi connectivity index (χ3n) is 4.46. The molecule has 1 saturated carbocycles. The summed E-state index contributed by atoms with van der Waals surface area (Å²) >= 11 is 0. The van der Waals surface area contributed by atoms with E-state index >= 15 is 0 Å². The maximum Gasteiger partial charge on any atom is 0.219 e. The summed E-state index contributed by atoms with van der Waals surface area (Å²) in [6.07, 6.45) is 9.33. The van der Waals surface area contributed by atoms with E-state index in [0.717, 1.165) is 18.7 Å². The quantitative estimate of drug-likeness (QED) is 0.866. The Morgan fingerprint density at radius 3 is 2.54 bits per heavy atom. The lowest BCUT2D eigenvalue weighted by atomic mass is 9.95. The molecule has 0 spiro atoms. The minimum absolute atomic E-state index is 0.501. The van der Waals surface area contributed by atoms with Gasteiger partial charge in [0.1, 0.15) is 11.8 Å². The highest BCUT2D eigenvalue weighted by Crippen LogP contribution is 2.20. The van der Waals surface area contributed by atoms with Crippen molar-refractivity contribution in [3.05, 3.63) is 53.7 Å². The molecule has 24 heavy (non-hydrogen) atoms. The van der Waals surface area contributed by atoms with Crippen LogP contribution in [0.15, 0.2) is 42.6 Å². The van der Waals surface area contributed by atoms with Crippen LogP contribution in [0.25, 0.3) is 0 Å². The van der Waals surface area contributed by atoms with E-state index in [2.05, 4.69) is 22.4 Å². The Labute approximate surface area is 143 Å². The monoisotopic (exact) mass is 321 g/mol. The number of pyridine rings is 1. The number of nitriles is 1. The maximum absolute atomic E-state index is 8.77. The number of hydrogen-bond donors (Lipinski definition) is 1. The molecule has 4 heteroatoms. The van der Waals surface area contributed by atoms with Gasteiger partial charge in [0.15, 0.2) is 0 Å². The normalized spacial score (nSPS) is 15.0. The third kappa shape index (κ3) is 4.81. The van der Waals surface area contributed by atoms with Gasteiger partial charge in [0, 0.05) is 18.3 Å². The van der Waals surface area contributed by atoms with Crippen LogP contribution in [-0.2, 0) is 6.42 Å². The molecule has 0 unspecified atom stereocenters. The van der Waals surface area contributed by atoms with E-state index in [1.165, 1.54) is 43.9 Å². The second-order valence-electron chi connectivity index (χ2n) is 6.28. The van der Waals surface area contributed by atoms with Crippen LogP contribution in [-0.4, -0.2) is 17.6 Å². The molecule has 3 rings (SSSR count). The number of rotatable bonds is 6. The van der Waals surface area contributed by atoms with Crippen LogP contribution in [0.3, 0.4) is 0 Å². The fourth-order valence-corrected chi connectivity index (χ4v) is 3.08. The fourth-order valence-electron chi connectivity index (χ4n) is 3.08. The summed E-state index contributed by atoms with van der Waals surface area (Å²) in [4.78, 5) is 4.11. The van der Waals surface area contributed by atoms with Crippen LogP contribution in [0.1, 0.15) is 43.2 Å². The van der Waals surface area contributed by atoms with E-state index in [1.54, 1.807) is 12.1 Å². The zero-order chi connectivity index (χ0) is 16.6. The van der Waals surface area contributed by atoms with Gasteiger partial charge in [0.2, 0.25) is 5.88 Å². The molecular weight excluding hydrogens is 298 g/mol. The van der Waals surface area contributed by atoms with Gasteiger partial charge < -0.3 is 10.1 Å². The molecule has 1 aromatic carbocycles. The molecule has 0 bridgehead atoms. The highest BCUT2D eigenvalue weighted by Gasteiger charge is 2.11. The lowest BCUT2D eigenvalue weighted by molar-refractivity contribution is 0.375. The molecule has 0 saturated heterocycles. The van der Waals surface area contributed by atoms with Crippen molar-refractivity contribution >= 4 is 0 Å². The summed E-state index contributed by atoms with van der Waals surface area (Å²) in [5.41, 5.74) is 1.83. The molecule has 1 N–H and O–H groups in total. The predicted molar refractivity (Wildman–Crippen MR) is 94.0 cm³/mol. The first-order chi connectivity index (χ1) is 11.8. The summed E-state index contributed by atoms with van der Waals surface area (Å²) in [5, 5.41) is 12.4. The molecule has 0 radical (unpaired) electrons. The van der Waals surface area contributed by atoms with Crippen LogP contribution in [0.5, 0.6) is 11.6 Å². The van der Waals surface area contributed by atoms with E-state index in [-0.39, 0.29) is 0 Å². The zero-order valence-electron chi connectivity index (χ0n) is 13.9. The Kier molecular flexibility index (Phi) is 5.81. The van der Waals surface area contributed by atoms with Gasteiger partial charge in [-0.25, -0.2) is 4.98 Å². The van der Waals surface area contributed by atoms with Crippen molar-refractivity contribution in [1.29, 1.82) is 5.26 Å². The molecule has 2 aromatic rings. The van der Waals surface area contributed by atoms with Crippen molar-refractivity contribution in [2.24, 2.45) is 0 Å². The minimum atomic E-state index is 0.501. The Bertz CT molecular complexity index is 668. The summed E-state index contributed by atoms with van der Waals surface area (Å²) in [6, 6.07) is 14.3. The number of hydrogen-bond acceptors (Lipinski definition) is 4. The first-order valence-electron chi connectivity index (χ1n) is 8.70. The molecule has 1 aliphatic carbocycles. The highest BCUT2D eigenvalue weighted by atomic mass is 16.5. The number of nitrogens with zero attached hydrogens (tertiary/aromatic N) is 2.